The molecule has 1 aromatic carbocycles. The van der Waals surface area contributed by atoms with E-state index in [4.69, 9.17) is 10.5 Å². The number of nitrogens with one attached hydrogen (secondary N) is 1. The van der Waals surface area contributed by atoms with Gasteiger partial charge in [-0.3, -0.25) is 15.2 Å². The lowest BCUT2D eigenvalue weighted by molar-refractivity contribution is 0.0535. The van der Waals surface area contributed by atoms with Crippen molar-refractivity contribution in [2.75, 3.05) is 13.1 Å². The first-order chi connectivity index (χ1) is 15.4. The summed E-state index contributed by atoms with van der Waals surface area (Å²) in [7, 11) is 0. The molecule has 2 atom stereocenters. The van der Waals surface area contributed by atoms with Gasteiger partial charge in [-0.1, -0.05) is 6.07 Å². The molecule has 32 heavy (non-hydrogen) atoms. The van der Waals surface area contributed by atoms with Crippen molar-refractivity contribution in [3.8, 4) is 5.69 Å². The number of benzene rings is 1. The molecule has 0 bridgehead atoms. The molecule has 2 aliphatic rings. The molecular formula is C24H28N6O2. The van der Waals surface area contributed by atoms with Crippen molar-refractivity contribution in [2.24, 2.45) is 5.73 Å². The van der Waals surface area contributed by atoms with Gasteiger partial charge < -0.3 is 15.0 Å². The molecule has 5 rings (SSSR count). The highest BCUT2D eigenvalue weighted by molar-refractivity contribution is 5.94. The van der Waals surface area contributed by atoms with Crippen molar-refractivity contribution in [3.63, 3.8) is 0 Å². The highest BCUT2D eigenvalue weighted by Gasteiger charge is 2.30. The van der Waals surface area contributed by atoms with Crippen molar-refractivity contribution in [2.45, 2.75) is 46.1 Å². The van der Waals surface area contributed by atoms with E-state index in [0.29, 0.717) is 18.7 Å². The molecule has 0 spiro atoms. The zero-order valence-electron chi connectivity index (χ0n) is 18.6. The van der Waals surface area contributed by atoms with E-state index in [0.717, 1.165) is 52.5 Å². The number of esters is 1. The SMILES string of the molecule is Cc1cc(-n2cnc(CN3C[C@@H](c4ccc5c(c4C)COC5=O)N[C@@H](N)C3)c2)cc(C)n1. The molecule has 0 amide bonds. The number of hydrogen-bond donors (Lipinski definition) is 2. The van der Waals surface area contributed by atoms with Crippen molar-refractivity contribution >= 4 is 5.97 Å². The highest BCUT2D eigenvalue weighted by atomic mass is 16.5. The molecule has 166 valence electrons. The average molecular weight is 433 g/mol. The van der Waals surface area contributed by atoms with Gasteiger partial charge in [-0.05, 0) is 50.1 Å². The number of nitrogens with two attached hydrogens (primary N) is 1. The number of ether oxygens (including phenoxy) is 1. The van der Waals surface area contributed by atoms with E-state index in [1.807, 2.05) is 36.9 Å². The maximum Gasteiger partial charge on any atom is 0.338 e. The van der Waals surface area contributed by atoms with Gasteiger partial charge in [0.25, 0.3) is 0 Å². The molecule has 0 unspecified atom stereocenters. The van der Waals surface area contributed by atoms with Crippen LogP contribution in [-0.2, 0) is 17.9 Å². The Morgan fingerprint density at radius 1 is 1.19 bits per heavy atom. The molecule has 2 aliphatic heterocycles. The summed E-state index contributed by atoms with van der Waals surface area (Å²) in [5.41, 5.74) is 14.3. The lowest BCUT2D eigenvalue weighted by Gasteiger charge is -2.38. The van der Waals surface area contributed by atoms with Crippen LogP contribution in [0.25, 0.3) is 5.69 Å². The maximum absolute atomic E-state index is 11.9. The largest absolute Gasteiger partial charge is 0.457 e. The predicted molar refractivity (Wildman–Crippen MR) is 120 cm³/mol. The average Bonchev–Trinajstić information content (AvgIpc) is 3.34. The van der Waals surface area contributed by atoms with Crippen molar-refractivity contribution in [1.82, 2.24) is 24.8 Å². The van der Waals surface area contributed by atoms with Gasteiger partial charge in [0.15, 0.2) is 0 Å². The van der Waals surface area contributed by atoms with Crippen LogP contribution < -0.4 is 11.1 Å². The topological polar surface area (TPSA) is 98.3 Å². The third-order valence-corrected chi connectivity index (χ3v) is 6.28. The predicted octanol–water partition coefficient (Wildman–Crippen LogP) is 2.29. The van der Waals surface area contributed by atoms with Crippen LogP contribution in [0, 0.1) is 20.8 Å². The number of fused-ring (bicyclic) bond motifs is 1. The van der Waals surface area contributed by atoms with Gasteiger partial charge >= 0.3 is 5.97 Å². The summed E-state index contributed by atoms with van der Waals surface area (Å²) >= 11 is 0. The summed E-state index contributed by atoms with van der Waals surface area (Å²) in [6.45, 7) is 8.67. The summed E-state index contributed by atoms with van der Waals surface area (Å²) in [6.07, 6.45) is 3.78. The monoisotopic (exact) mass is 432 g/mol. The van der Waals surface area contributed by atoms with E-state index in [1.54, 1.807) is 0 Å². The van der Waals surface area contributed by atoms with Crippen LogP contribution in [0.15, 0.2) is 36.8 Å². The van der Waals surface area contributed by atoms with E-state index in [1.165, 1.54) is 0 Å². The Labute approximate surface area is 187 Å². The number of nitrogens with zero attached hydrogens (tertiary/aromatic N) is 4. The third kappa shape index (κ3) is 3.92. The quantitative estimate of drug-likeness (QED) is 0.611. The molecule has 3 aromatic rings. The number of cyclic esters (lactones) is 1. The van der Waals surface area contributed by atoms with Gasteiger partial charge in [0.05, 0.1) is 29.4 Å². The number of carbonyl (C=O) groups excluding carboxylic acids is 1. The van der Waals surface area contributed by atoms with E-state index in [9.17, 15) is 4.79 Å². The number of imidazole rings is 1. The molecule has 3 N–H and O–H groups in total. The fraction of sp³-hybridized carbons (Fsp3) is 0.375. The first-order valence-electron chi connectivity index (χ1n) is 10.9. The number of hydrogen-bond acceptors (Lipinski definition) is 7. The van der Waals surface area contributed by atoms with Crippen LogP contribution in [0.3, 0.4) is 0 Å². The Hall–Kier alpha value is -3.07. The third-order valence-electron chi connectivity index (χ3n) is 6.28. The summed E-state index contributed by atoms with van der Waals surface area (Å²) in [4.78, 5) is 23.3. The van der Waals surface area contributed by atoms with E-state index in [-0.39, 0.29) is 18.2 Å². The number of carbonyl (C=O) groups is 1. The Kier molecular flexibility index (Phi) is 5.28. The van der Waals surface area contributed by atoms with Crippen LogP contribution in [0.1, 0.15) is 50.2 Å². The minimum atomic E-state index is -0.236. The standard InChI is InChI=1S/C24H28N6O2/c1-14-6-18(7-15(2)27-14)30-9-17(26-13-30)8-29-10-22(28-23(25)11-29)19-4-5-20-21(16(19)3)12-32-24(20)31/h4-7,9,13,22-23,28H,8,10-12,25H2,1-3H3/t22-,23+/m0/s1. The Morgan fingerprint density at radius 3 is 2.75 bits per heavy atom. The normalized spacial score (nSPS) is 20.9. The van der Waals surface area contributed by atoms with Gasteiger partial charge in [0.2, 0.25) is 0 Å². The summed E-state index contributed by atoms with van der Waals surface area (Å²) in [5, 5.41) is 3.51. The van der Waals surface area contributed by atoms with E-state index in [2.05, 4.69) is 45.4 Å². The molecule has 0 saturated carbocycles. The molecule has 1 saturated heterocycles. The Balaban J connectivity index is 1.34. The van der Waals surface area contributed by atoms with Gasteiger partial charge in [-0.25, -0.2) is 9.78 Å². The van der Waals surface area contributed by atoms with E-state index >= 15 is 0 Å². The van der Waals surface area contributed by atoms with Crippen LogP contribution in [-0.4, -0.2) is 44.7 Å². The zero-order valence-corrected chi connectivity index (χ0v) is 18.6. The molecule has 8 nitrogen and oxygen atoms in total. The number of rotatable bonds is 4. The lowest BCUT2D eigenvalue weighted by atomic mass is 9.93. The summed E-state index contributed by atoms with van der Waals surface area (Å²) in [5.74, 6) is -0.236. The van der Waals surface area contributed by atoms with Crippen LogP contribution in [0.5, 0.6) is 0 Å². The second-order valence-electron chi connectivity index (χ2n) is 8.78. The van der Waals surface area contributed by atoms with E-state index < -0.39 is 0 Å². The van der Waals surface area contributed by atoms with Gasteiger partial charge in [-0.2, -0.15) is 0 Å². The first-order valence-corrected chi connectivity index (χ1v) is 10.9. The smallest absolute Gasteiger partial charge is 0.338 e. The molecule has 4 heterocycles. The second kappa shape index (κ2) is 8.12. The summed E-state index contributed by atoms with van der Waals surface area (Å²) in [6, 6.07) is 8.09. The lowest BCUT2D eigenvalue weighted by Crippen LogP contribution is -2.56. The summed E-state index contributed by atoms with van der Waals surface area (Å²) < 4.78 is 7.25. The molecule has 0 radical (unpaired) electrons. The van der Waals surface area contributed by atoms with Crippen molar-refractivity contribution < 1.29 is 9.53 Å². The Morgan fingerprint density at radius 2 is 1.97 bits per heavy atom. The number of pyridine rings is 1. The van der Waals surface area contributed by atoms with Gasteiger partial charge in [-0.15, -0.1) is 0 Å². The maximum atomic E-state index is 11.9. The highest BCUT2D eigenvalue weighted by Crippen LogP contribution is 2.30. The van der Waals surface area contributed by atoms with Gasteiger partial charge in [0, 0.05) is 48.8 Å². The number of aromatic nitrogens is 3. The van der Waals surface area contributed by atoms with Gasteiger partial charge in [0.1, 0.15) is 6.61 Å². The van der Waals surface area contributed by atoms with Crippen molar-refractivity contribution in [1.29, 1.82) is 0 Å². The first kappa shape index (κ1) is 20.8. The molecule has 8 heteroatoms. The number of aryl methyl sites for hydroxylation is 2. The molecule has 2 aromatic heterocycles. The number of piperazine rings is 1. The zero-order chi connectivity index (χ0) is 22.4. The van der Waals surface area contributed by atoms with Crippen molar-refractivity contribution in [3.05, 3.63) is 76.1 Å². The Bertz CT molecular complexity index is 1170. The fourth-order valence-corrected chi connectivity index (χ4v) is 4.81. The van der Waals surface area contributed by atoms with Crippen LogP contribution in [0.2, 0.25) is 0 Å². The minimum Gasteiger partial charge on any atom is -0.457 e. The molecular weight excluding hydrogens is 404 g/mol. The minimum absolute atomic E-state index is 0.0762. The molecule has 0 aliphatic carbocycles. The fourth-order valence-electron chi connectivity index (χ4n) is 4.81. The van der Waals surface area contributed by atoms with Crippen LogP contribution in [0.4, 0.5) is 0 Å². The van der Waals surface area contributed by atoms with Crippen LogP contribution >= 0.6 is 0 Å². The second-order valence-corrected chi connectivity index (χ2v) is 8.78. The molecule has 1 fully saturated rings.